The molecule has 0 aromatic heterocycles. The number of fused-ring (bicyclic) bond motifs is 3. The predicted octanol–water partition coefficient (Wildman–Crippen LogP) is 3.17. The highest BCUT2D eigenvalue weighted by Gasteiger charge is 2.60. The van der Waals surface area contributed by atoms with Crippen molar-refractivity contribution in [3.05, 3.63) is 29.8 Å². The zero-order valence-corrected chi connectivity index (χ0v) is 19.0. The van der Waals surface area contributed by atoms with Gasteiger partial charge in [0.2, 0.25) is 5.91 Å². The lowest BCUT2D eigenvalue weighted by molar-refractivity contribution is -0.156. The third-order valence-corrected chi connectivity index (χ3v) is 8.40. The van der Waals surface area contributed by atoms with E-state index in [-0.39, 0.29) is 41.0 Å². The number of carbonyl (C=O) groups excluding carboxylic acids is 3. The van der Waals surface area contributed by atoms with Gasteiger partial charge < -0.3 is 20.3 Å². The molecule has 2 amide bonds. The van der Waals surface area contributed by atoms with Crippen LogP contribution < -0.4 is 10.6 Å². The van der Waals surface area contributed by atoms with Crippen LogP contribution in [0.15, 0.2) is 24.3 Å². The number of ether oxygens (including phenoxy) is 1. The van der Waals surface area contributed by atoms with Crippen LogP contribution in [0.2, 0.25) is 0 Å². The van der Waals surface area contributed by atoms with Crippen molar-refractivity contribution in [2.75, 3.05) is 25.0 Å². The first kappa shape index (κ1) is 21.3. The van der Waals surface area contributed by atoms with E-state index in [0.717, 1.165) is 31.4 Å². The normalized spacial score (nSPS) is 33.9. The number of hydrogen-bond donors (Lipinski definition) is 2. The van der Waals surface area contributed by atoms with Gasteiger partial charge in [0.25, 0.3) is 5.91 Å². The minimum Gasteiger partial charge on any atom is -0.466 e. The first-order valence-electron chi connectivity index (χ1n) is 12.0. The van der Waals surface area contributed by atoms with Crippen molar-refractivity contribution in [1.82, 2.24) is 10.2 Å². The van der Waals surface area contributed by atoms with Gasteiger partial charge in [-0.2, -0.15) is 0 Å². The van der Waals surface area contributed by atoms with E-state index >= 15 is 0 Å². The summed E-state index contributed by atoms with van der Waals surface area (Å²) in [5.41, 5.74) is 0.917. The molecule has 2 aliphatic heterocycles. The number of carbonyl (C=O) groups is 3. The van der Waals surface area contributed by atoms with Gasteiger partial charge in [-0.3, -0.25) is 14.4 Å². The number of piperidine rings is 1. The number of para-hydroxylation sites is 1. The number of anilines is 1. The van der Waals surface area contributed by atoms with Gasteiger partial charge in [-0.25, -0.2) is 0 Å². The summed E-state index contributed by atoms with van der Waals surface area (Å²) in [4.78, 5) is 40.5. The Bertz CT molecular complexity index is 941. The number of esters is 1. The van der Waals surface area contributed by atoms with Crippen LogP contribution in [0.4, 0.5) is 5.69 Å². The maximum Gasteiger partial charge on any atom is 0.309 e. The van der Waals surface area contributed by atoms with E-state index in [1.807, 2.05) is 36.1 Å². The summed E-state index contributed by atoms with van der Waals surface area (Å²) in [6.07, 6.45) is 4.88. The summed E-state index contributed by atoms with van der Waals surface area (Å²) < 4.78 is 5.16. The highest BCUT2D eigenvalue weighted by atomic mass is 16.5. The predicted molar refractivity (Wildman–Crippen MR) is 120 cm³/mol. The number of benzene rings is 1. The van der Waals surface area contributed by atoms with Crippen molar-refractivity contribution >= 4 is 23.5 Å². The second-order valence-electron chi connectivity index (χ2n) is 10.3. The Labute approximate surface area is 189 Å². The first-order chi connectivity index (χ1) is 15.3. The molecule has 7 nitrogen and oxygen atoms in total. The van der Waals surface area contributed by atoms with E-state index in [0.29, 0.717) is 38.1 Å². The average molecular weight is 440 g/mol. The molecule has 1 aromatic carbocycles. The fraction of sp³-hybridized carbons (Fsp3) is 0.640. The van der Waals surface area contributed by atoms with Crippen molar-refractivity contribution in [2.24, 2.45) is 23.2 Å². The molecule has 0 radical (unpaired) electrons. The molecule has 4 atom stereocenters. The second kappa shape index (κ2) is 7.78. The molecule has 2 N–H and O–H groups in total. The number of likely N-dealkylation sites (tertiary alicyclic amines) is 1. The van der Waals surface area contributed by atoms with E-state index in [4.69, 9.17) is 4.74 Å². The van der Waals surface area contributed by atoms with E-state index in [1.165, 1.54) is 0 Å². The zero-order valence-electron chi connectivity index (χ0n) is 19.0. The van der Waals surface area contributed by atoms with Gasteiger partial charge in [0, 0.05) is 30.6 Å². The van der Waals surface area contributed by atoms with E-state index < -0.39 is 5.66 Å². The van der Waals surface area contributed by atoms with Crippen LogP contribution in [0, 0.1) is 23.2 Å². The monoisotopic (exact) mass is 439 g/mol. The minimum atomic E-state index is -0.480. The lowest BCUT2D eigenvalue weighted by atomic mass is 9.51. The quantitative estimate of drug-likeness (QED) is 0.707. The summed E-state index contributed by atoms with van der Waals surface area (Å²) in [7, 11) is 0. The third-order valence-electron chi connectivity index (χ3n) is 8.40. The first-order valence-corrected chi connectivity index (χ1v) is 12.0. The molecule has 4 fully saturated rings. The van der Waals surface area contributed by atoms with Gasteiger partial charge in [0.1, 0.15) is 5.66 Å². The SMILES string of the molecule is CCOC(=O)C1CCN(C(=O)[C@H]2C[C@H]3CC[C@@]2(C)C[C@]32NC(=O)c3ccccc3N2)CC1. The van der Waals surface area contributed by atoms with Crippen LogP contribution in [-0.4, -0.2) is 48.0 Å². The molecular weight excluding hydrogens is 406 g/mol. The van der Waals surface area contributed by atoms with Crippen molar-refractivity contribution in [3.8, 4) is 0 Å². The van der Waals surface area contributed by atoms with Gasteiger partial charge in [-0.05, 0) is 63.0 Å². The molecule has 1 spiro atoms. The smallest absolute Gasteiger partial charge is 0.309 e. The summed E-state index contributed by atoms with van der Waals surface area (Å²) in [6.45, 7) is 5.67. The fourth-order valence-electron chi connectivity index (χ4n) is 6.64. The molecule has 7 heteroatoms. The maximum atomic E-state index is 13.6. The average Bonchev–Trinajstić information content (AvgIpc) is 2.78. The summed E-state index contributed by atoms with van der Waals surface area (Å²) in [6, 6.07) is 7.65. The molecule has 32 heavy (non-hydrogen) atoms. The topological polar surface area (TPSA) is 87.7 Å². The van der Waals surface area contributed by atoms with Crippen LogP contribution in [0.25, 0.3) is 0 Å². The van der Waals surface area contributed by atoms with Crippen LogP contribution in [0.1, 0.15) is 62.7 Å². The van der Waals surface area contributed by atoms with Crippen LogP contribution in [0.3, 0.4) is 0 Å². The molecule has 3 saturated carbocycles. The largest absolute Gasteiger partial charge is 0.466 e. The van der Waals surface area contributed by atoms with Crippen LogP contribution in [-0.2, 0) is 14.3 Å². The van der Waals surface area contributed by atoms with Gasteiger partial charge in [0.05, 0.1) is 18.1 Å². The van der Waals surface area contributed by atoms with Gasteiger partial charge in [-0.15, -0.1) is 0 Å². The number of nitrogens with one attached hydrogen (secondary N) is 2. The molecule has 3 aliphatic carbocycles. The fourth-order valence-corrected chi connectivity index (χ4v) is 6.64. The molecule has 0 unspecified atom stereocenters. The number of nitrogens with zero attached hydrogens (tertiary/aromatic N) is 1. The summed E-state index contributed by atoms with van der Waals surface area (Å²) in [5, 5.41) is 6.95. The van der Waals surface area contributed by atoms with Crippen molar-refractivity contribution in [2.45, 2.75) is 58.0 Å². The van der Waals surface area contributed by atoms with Crippen LogP contribution in [0.5, 0.6) is 0 Å². The van der Waals surface area contributed by atoms with Gasteiger partial charge in [-0.1, -0.05) is 19.1 Å². The molecule has 2 heterocycles. The van der Waals surface area contributed by atoms with Crippen molar-refractivity contribution in [3.63, 3.8) is 0 Å². The Morgan fingerprint density at radius 1 is 1.16 bits per heavy atom. The standard InChI is InChI=1S/C25H33N3O4/c1-3-32-23(31)16-9-12-28(13-10-16)22(30)19-14-17-8-11-24(19,2)15-25(17)26-20-7-5-4-6-18(20)21(29)27-25/h4-7,16-17,19,26H,3,8-15H2,1-2H3,(H,27,29)/t17-,19-,24+,25+/m1/s1. The lowest BCUT2D eigenvalue weighted by Gasteiger charge is -2.61. The Kier molecular flexibility index (Phi) is 5.18. The molecule has 6 rings (SSSR count). The number of rotatable bonds is 3. The molecule has 172 valence electrons. The number of hydrogen-bond acceptors (Lipinski definition) is 5. The highest BCUT2D eigenvalue weighted by molar-refractivity contribution is 6.02. The Morgan fingerprint density at radius 3 is 2.62 bits per heavy atom. The Hall–Kier alpha value is -2.57. The Morgan fingerprint density at radius 2 is 1.91 bits per heavy atom. The van der Waals surface area contributed by atoms with Gasteiger partial charge >= 0.3 is 5.97 Å². The summed E-state index contributed by atoms with van der Waals surface area (Å²) >= 11 is 0. The van der Waals surface area contributed by atoms with Crippen molar-refractivity contribution < 1.29 is 19.1 Å². The Balaban J connectivity index is 1.30. The summed E-state index contributed by atoms with van der Waals surface area (Å²) in [5.74, 6) is 0.137. The van der Waals surface area contributed by atoms with E-state index in [9.17, 15) is 14.4 Å². The molecule has 2 bridgehead atoms. The van der Waals surface area contributed by atoms with Gasteiger partial charge in [0.15, 0.2) is 0 Å². The third kappa shape index (κ3) is 3.37. The van der Waals surface area contributed by atoms with Crippen molar-refractivity contribution in [1.29, 1.82) is 0 Å². The molecule has 1 saturated heterocycles. The lowest BCUT2D eigenvalue weighted by Crippen LogP contribution is -2.70. The maximum absolute atomic E-state index is 13.6. The van der Waals surface area contributed by atoms with E-state index in [1.54, 1.807) is 0 Å². The molecule has 1 aromatic rings. The van der Waals surface area contributed by atoms with E-state index in [2.05, 4.69) is 17.6 Å². The molecule has 5 aliphatic rings. The highest BCUT2D eigenvalue weighted by Crippen LogP contribution is 2.58. The zero-order chi connectivity index (χ0) is 22.5. The molecular formula is C25H33N3O4. The number of amides is 2. The minimum absolute atomic E-state index is 0.0283. The second-order valence-corrected chi connectivity index (χ2v) is 10.3. The van der Waals surface area contributed by atoms with Crippen LogP contribution >= 0.6 is 0 Å².